The van der Waals surface area contributed by atoms with Crippen molar-refractivity contribution in [2.45, 2.75) is 19.3 Å². The zero-order chi connectivity index (χ0) is 19.1. The number of likely N-dealkylation sites (tertiary alicyclic amines) is 1. The van der Waals surface area contributed by atoms with Crippen LogP contribution < -0.4 is 10.5 Å². The molecule has 27 heavy (non-hydrogen) atoms. The van der Waals surface area contributed by atoms with E-state index in [0.29, 0.717) is 52.4 Å². The Hall–Kier alpha value is -2.12. The number of carbonyl (C=O) groups is 2. The second-order valence-corrected chi connectivity index (χ2v) is 7.08. The Bertz CT molecular complexity index is 646. The summed E-state index contributed by atoms with van der Waals surface area (Å²) in [6.45, 7) is 4.64. The molecule has 2 N–H and O–H groups in total. The zero-order valence-electron chi connectivity index (χ0n) is 15.8. The van der Waals surface area contributed by atoms with E-state index in [0.717, 1.165) is 30.7 Å². The molecule has 2 fully saturated rings. The molecule has 3 rings (SSSR count). The third-order valence-electron chi connectivity index (χ3n) is 5.09. The van der Waals surface area contributed by atoms with Crippen LogP contribution in [0.1, 0.15) is 18.4 Å². The van der Waals surface area contributed by atoms with Crippen LogP contribution in [0.2, 0.25) is 0 Å². The number of hydrogen-bond donors (Lipinski definition) is 1. The zero-order valence-corrected chi connectivity index (χ0v) is 15.8. The number of rotatable bonds is 6. The van der Waals surface area contributed by atoms with Crippen molar-refractivity contribution in [3.63, 3.8) is 0 Å². The van der Waals surface area contributed by atoms with Crippen LogP contribution in [0.5, 0.6) is 5.75 Å². The minimum Gasteiger partial charge on any atom is -0.492 e. The van der Waals surface area contributed by atoms with Crippen LogP contribution in [-0.4, -0.2) is 74.2 Å². The average molecular weight is 375 g/mol. The maximum atomic E-state index is 12.8. The Morgan fingerprint density at radius 3 is 2.78 bits per heavy atom. The fourth-order valence-electron chi connectivity index (χ4n) is 3.66. The van der Waals surface area contributed by atoms with E-state index >= 15 is 0 Å². The van der Waals surface area contributed by atoms with Crippen LogP contribution in [-0.2, 0) is 20.7 Å². The number of carbonyl (C=O) groups excluding carboxylic acids is 2. The van der Waals surface area contributed by atoms with E-state index in [2.05, 4.69) is 0 Å². The van der Waals surface area contributed by atoms with E-state index in [1.54, 1.807) is 0 Å². The van der Waals surface area contributed by atoms with Gasteiger partial charge in [0.15, 0.2) is 0 Å². The standard InChI is InChI=1S/C20H29N3O4/c21-6-10-27-18-5-1-3-16(13-18)14-19(24)23-7-2-4-17(15-23)20(25)22-8-11-26-12-9-22/h1,3,5,13,17H,2,4,6-12,14-15,21H2. The maximum Gasteiger partial charge on any atom is 0.227 e. The minimum atomic E-state index is -0.0972. The minimum absolute atomic E-state index is 0.0606. The van der Waals surface area contributed by atoms with Crippen molar-refractivity contribution in [2.24, 2.45) is 11.7 Å². The fraction of sp³-hybridized carbons (Fsp3) is 0.600. The van der Waals surface area contributed by atoms with Crippen molar-refractivity contribution < 1.29 is 19.1 Å². The molecule has 2 saturated heterocycles. The summed E-state index contributed by atoms with van der Waals surface area (Å²) in [7, 11) is 0. The molecule has 2 aliphatic rings. The smallest absolute Gasteiger partial charge is 0.227 e. The number of benzene rings is 1. The maximum absolute atomic E-state index is 12.8. The van der Waals surface area contributed by atoms with Crippen molar-refractivity contribution in [2.75, 3.05) is 52.5 Å². The van der Waals surface area contributed by atoms with Gasteiger partial charge in [-0.1, -0.05) is 12.1 Å². The first-order valence-corrected chi connectivity index (χ1v) is 9.73. The van der Waals surface area contributed by atoms with E-state index < -0.39 is 0 Å². The first-order valence-electron chi connectivity index (χ1n) is 9.73. The second-order valence-electron chi connectivity index (χ2n) is 7.08. The van der Waals surface area contributed by atoms with Crippen molar-refractivity contribution >= 4 is 11.8 Å². The van der Waals surface area contributed by atoms with Gasteiger partial charge in [0.1, 0.15) is 12.4 Å². The molecule has 0 spiro atoms. The third-order valence-corrected chi connectivity index (χ3v) is 5.09. The summed E-state index contributed by atoms with van der Waals surface area (Å²) < 4.78 is 10.8. The molecule has 0 bridgehead atoms. The third kappa shape index (κ3) is 5.43. The lowest BCUT2D eigenvalue weighted by atomic mass is 9.95. The van der Waals surface area contributed by atoms with Gasteiger partial charge in [0.05, 0.1) is 25.6 Å². The van der Waals surface area contributed by atoms with Crippen LogP contribution in [0.15, 0.2) is 24.3 Å². The molecule has 0 saturated carbocycles. The van der Waals surface area contributed by atoms with E-state index in [1.165, 1.54) is 0 Å². The normalized spacial score (nSPS) is 20.4. The van der Waals surface area contributed by atoms with Crippen molar-refractivity contribution in [1.82, 2.24) is 9.80 Å². The van der Waals surface area contributed by atoms with Crippen LogP contribution >= 0.6 is 0 Å². The van der Waals surface area contributed by atoms with Crippen molar-refractivity contribution in [3.8, 4) is 5.75 Å². The molecule has 0 aliphatic carbocycles. The lowest BCUT2D eigenvalue weighted by molar-refractivity contribution is -0.143. The van der Waals surface area contributed by atoms with Crippen LogP contribution in [0.3, 0.4) is 0 Å². The largest absolute Gasteiger partial charge is 0.492 e. The van der Waals surface area contributed by atoms with E-state index in [1.807, 2.05) is 34.1 Å². The monoisotopic (exact) mass is 375 g/mol. The molecule has 1 aromatic rings. The molecule has 1 unspecified atom stereocenters. The van der Waals surface area contributed by atoms with Crippen LogP contribution in [0.4, 0.5) is 0 Å². The van der Waals surface area contributed by atoms with Crippen molar-refractivity contribution in [3.05, 3.63) is 29.8 Å². The Balaban J connectivity index is 1.55. The summed E-state index contributed by atoms with van der Waals surface area (Å²) in [5.74, 6) is 0.850. The summed E-state index contributed by atoms with van der Waals surface area (Å²) in [6.07, 6.45) is 2.03. The Morgan fingerprint density at radius 2 is 2.00 bits per heavy atom. The summed E-state index contributed by atoms with van der Waals surface area (Å²) in [5.41, 5.74) is 6.37. The second kappa shape index (κ2) is 9.71. The van der Waals surface area contributed by atoms with E-state index in [9.17, 15) is 9.59 Å². The average Bonchev–Trinajstić information content (AvgIpc) is 2.72. The summed E-state index contributed by atoms with van der Waals surface area (Å²) in [6, 6.07) is 7.55. The molecule has 7 nitrogen and oxygen atoms in total. The van der Waals surface area contributed by atoms with Gasteiger partial charge in [-0.3, -0.25) is 9.59 Å². The van der Waals surface area contributed by atoms with Gasteiger partial charge in [0, 0.05) is 32.7 Å². The van der Waals surface area contributed by atoms with Crippen molar-refractivity contribution in [1.29, 1.82) is 0 Å². The van der Waals surface area contributed by atoms with Gasteiger partial charge >= 0.3 is 0 Å². The predicted octanol–water partition coefficient (Wildman–Crippen LogP) is 0.664. The van der Waals surface area contributed by atoms with Gasteiger partial charge in [-0.15, -0.1) is 0 Å². The number of hydrogen-bond acceptors (Lipinski definition) is 5. The molecule has 0 aromatic heterocycles. The molecular weight excluding hydrogens is 346 g/mol. The SMILES string of the molecule is NCCOc1cccc(CC(=O)N2CCCC(C(=O)N3CCOCC3)C2)c1. The highest BCUT2D eigenvalue weighted by molar-refractivity contribution is 5.82. The van der Waals surface area contributed by atoms with Gasteiger partial charge in [-0.05, 0) is 30.5 Å². The highest BCUT2D eigenvalue weighted by atomic mass is 16.5. The predicted molar refractivity (Wildman–Crippen MR) is 101 cm³/mol. The summed E-state index contributed by atoms with van der Waals surface area (Å²) in [5, 5.41) is 0. The highest BCUT2D eigenvalue weighted by Crippen LogP contribution is 2.21. The highest BCUT2D eigenvalue weighted by Gasteiger charge is 2.31. The lowest BCUT2D eigenvalue weighted by Gasteiger charge is -2.36. The summed E-state index contributed by atoms with van der Waals surface area (Å²) in [4.78, 5) is 29.2. The molecule has 0 radical (unpaired) electrons. The first kappa shape index (κ1) is 19.6. The quantitative estimate of drug-likeness (QED) is 0.790. The number of nitrogens with two attached hydrogens (primary N) is 1. The van der Waals surface area contributed by atoms with Gasteiger partial charge in [-0.2, -0.15) is 0 Å². The fourth-order valence-corrected chi connectivity index (χ4v) is 3.66. The molecule has 148 valence electrons. The molecule has 2 amide bonds. The molecular formula is C20H29N3O4. The number of nitrogens with zero attached hydrogens (tertiary/aromatic N) is 2. The first-order chi connectivity index (χ1) is 13.2. The molecule has 2 heterocycles. The number of ether oxygens (including phenoxy) is 2. The number of morpholine rings is 1. The summed E-state index contributed by atoms with van der Waals surface area (Å²) >= 11 is 0. The Kier molecular flexibility index (Phi) is 7.06. The van der Waals surface area contributed by atoms with E-state index in [-0.39, 0.29) is 17.7 Å². The van der Waals surface area contributed by atoms with Gasteiger partial charge in [0.2, 0.25) is 11.8 Å². The van der Waals surface area contributed by atoms with Gasteiger partial charge in [-0.25, -0.2) is 0 Å². The molecule has 1 aromatic carbocycles. The Labute approximate surface area is 160 Å². The molecule has 1 atom stereocenters. The molecule has 2 aliphatic heterocycles. The van der Waals surface area contributed by atoms with Crippen LogP contribution in [0.25, 0.3) is 0 Å². The van der Waals surface area contributed by atoms with Crippen LogP contribution in [0, 0.1) is 5.92 Å². The topological polar surface area (TPSA) is 85.1 Å². The Morgan fingerprint density at radius 1 is 1.19 bits per heavy atom. The number of amides is 2. The van der Waals surface area contributed by atoms with Gasteiger partial charge in [0.25, 0.3) is 0 Å². The van der Waals surface area contributed by atoms with Gasteiger partial charge < -0.3 is 25.0 Å². The molecule has 7 heteroatoms. The lowest BCUT2D eigenvalue weighted by Crippen LogP contribution is -2.49. The number of piperidine rings is 1. The van der Waals surface area contributed by atoms with E-state index in [4.69, 9.17) is 15.2 Å².